The number of hydrogen-bond donors (Lipinski definition) is 0. The highest BCUT2D eigenvalue weighted by Crippen LogP contribution is 2.58. The quantitative estimate of drug-likeness (QED) is 0.262. The Hall–Kier alpha value is 1.04. The molecule has 2 aromatic rings. The van der Waals surface area contributed by atoms with E-state index < -0.39 is 6.47 Å². The average Bonchev–Trinajstić information content (AvgIpc) is 2.88. The standard InChI is InChI=1S/C28H22Br8O/c1-15-21(29)25(23(31)19(27(15,33)34)13-17-9-5-3-6-10-17)37-26-22(30)16(2)28(35,36)20(24(26)32)14-18-11-7-4-8-12-18/h3-12,19-20H,13-14H2,1-2H3. The summed E-state index contributed by atoms with van der Waals surface area (Å²) in [5, 5.41) is 0. The molecule has 2 atom stereocenters. The zero-order valence-electron chi connectivity index (χ0n) is 19.8. The van der Waals surface area contributed by atoms with Crippen molar-refractivity contribution in [1.29, 1.82) is 0 Å². The summed E-state index contributed by atoms with van der Waals surface area (Å²) in [6, 6.07) is 21.0. The SMILES string of the molecule is CC1=C(Br)C(OC2=C(Br)C(Cc3ccccc3)C(Br)(Br)C(C)=C2Br)=C(Br)C(Cc2ccccc2)C1(Br)Br. The van der Waals surface area contributed by atoms with Crippen LogP contribution in [0.4, 0.5) is 0 Å². The topological polar surface area (TPSA) is 9.23 Å². The van der Waals surface area contributed by atoms with E-state index >= 15 is 0 Å². The molecule has 37 heavy (non-hydrogen) atoms. The van der Waals surface area contributed by atoms with E-state index in [0.717, 1.165) is 53.4 Å². The summed E-state index contributed by atoms with van der Waals surface area (Å²) >= 11 is 31.4. The molecule has 0 heterocycles. The average molecular weight is 1010 g/mol. The first-order valence-corrected chi connectivity index (χ1v) is 17.8. The fourth-order valence-corrected chi connectivity index (χ4v) is 12.4. The summed E-state index contributed by atoms with van der Waals surface area (Å²) < 4.78 is 9.70. The van der Waals surface area contributed by atoms with Gasteiger partial charge in [0.25, 0.3) is 0 Å². The van der Waals surface area contributed by atoms with E-state index in [1.807, 2.05) is 12.1 Å². The fourth-order valence-electron chi connectivity index (χ4n) is 4.42. The molecule has 2 aliphatic rings. The van der Waals surface area contributed by atoms with Crippen molar-refractivity contribution in [1.82, 2.24) is 0 Å². The number of allylic oxidation sites excluding steroid dienone is 6. The van der Waals surface area contributed by atoms with Crippen LogP contribution >= 0.6 is 127 Å². The third-order valence-electron chi connectivity index (χ3n) is 6.75. The van der Waals surface area contributed by atoms with E-state index in [2.05, 4.69) is 190 Å². The molecular formula is C28H22Br8O. The summed E-state index contributed by atoms with van der Waals surface area (Å²) in [6.45, 7) is 4.21. The smallest absolute Gasteiger partial charge is 0.152 e. The van der Waals surface area contributed by atoms with Crippen LogP contribution in [0, 0.1) is 11.8 Å². The first-order valence-electron chi connectivity index (χ1n) is 11.4. The molecule has 0 aromatic heterocycles. The minimum atomic E-state index is -0.432. The lowest BCUT2D eigenvalue weighted by molar-refractivity contribution is 0.311. The van der Waals surface area contributed by atoms with E-state index in [0.29, 0.717) is 0 Å². The van der Waals surface area contributed by atoms with Crippen LogP contribution in [0.5, 0.6) is 0 Å². The maximum atomic E-state index is 6.82. The highest BCUT2D eigenvalue weighted by Gasteiger charge is 2.47. The van der Waals surface area contributed by atoms with Gasteiger partial charge in [-0.15, -0.1) is 0 Å². The Morgan fingerprint density at radius 3 is 1.24 bits per heavy atom. The molecule has 9 heteroatoms. The summed E-state index contributed by atoms with van der Waals surface area (Å²) in [5.74, 6) is 1.65. The van der Waals surface area contributed by atoms with Crippen molar-refractivity contribution >= 4 is 127 Å². The zero-order chi connectivity index (χ0) is 27.1. The van der Waals surface area contributed by atoms with Crippen LogP contribution in [-0.2, 0) is 17.6 Å². The predicted octanol–water partition coefficient (Wildman–Crippen LogP) is 12.3. The van der Waals surface area contributed by atoms with Gasteiger partial charge in [-0.1, -0.05) is 156 Å². The van der Waals surface area contributed by atoms with E-state index in [1.54, 1.807) is 0 Å². The summed E-state index contributed by atoms with van der Waals surface area (Å²) in [6.07, 6.45) is 1.64. The van der Waals surface area contributed by atoms with Gasteiger partial charge in [0.1, 0.15) is 6.47 Å². The second kappa shape index (κ2) is 12.5. The van der Waals surface area contributed by atoms with Crippen LogP contribution in [0.3, 0.4) is 0 Å². The molecule has 196 valence electrons. The minimum absolute atomic E-state index is 0.0598. The van der Waals surface area contributed by atoms with Crippen molar-refractivity contribution in [3.05, 3.63) is 112 Å². The summed E-state index contributed by atoms with van der Waals surface area (Å²) in [5.41, 5.74) is 4.71. The molecule has 2 unspecified atom stereocenters. The van der Waals surface area contributed by atoms with Gasteiger partial charge in [-0.05, 0) is 80.8 Å². The van der Waals surface area contributed by atoms with Gasteiger partial charge in [0.2, 0.25) is 0 Å². The maximum Gasteiger partial charge on any atom is 0.152 e. The second-order valence-corrected chi connectivity index (χ2v) is 19.5. The van der Waals surface area contributed by atoms with Crippen LogP contribution in [0.25, 0.3) is 0 Å². The van der Waals surface area contributed by atoms with E-state index in [-0.39, 0.29) is 11.8 Å². The molecular weight excluding hydrogens is 992 g/mol. The molecule has 0 spiro atoms. The molecule has 0 radical (unpaired) electrons. The van der Waals surface area contributed by atoms with E-state index in [4.69, 9.17) is 4.74 Å². The molecule has 0 N–H and O–H groups in total. The Kier molecular flexibility index (Phi) is 10.5. The van der Waals surface area contributed by atoms with Crippen molar-refractivity contribution in [2.45, 2.75) is 33.2 Å². The Labute approximate surface area is 286 Å². The van der Waals surface area contributed by atoms with Gasteiger partial charge in [-0.2, -0.15) is 0 Å². The van der Waals surface area contributed by atoms with Gasteiger partial charge in [0.15, 0.2) is 11.5 Å². The first kappa shape index (κ1) is 31.0. The largest absolute Gasteiger partial charge is 0.453 e. The van der Waals surface area contributed by atoms with Crippen LogP contribution in [-0.4, -0.2) is 6.47 Å². The third-order valence-corrected chi connectivity index (χ3v) is 15.1. The molecule has 0 fully saturated rings. The molecule has 0 aliphatic heterocycles. The predicted molar refractivity (Wildman–Crippen MR) is 185 cm³/mol. The van der Waals surface area contributed by atoms with Gasteiger partial charge >= 0.3 is 0 Å². The zero-order valence-corrected chi connectivity index (χ0v) is 32.5. The Morgan fingerprint density at radius 2 is 0.919 bits per heavy atom. The number of rotatable bonds is 6. The van der Waals surface area contributed by atoms with E-state index in [1.165, 1.54) is 11.1 Å². The number of hydrogen-bond acceptors (Lipinski definition) is 1. The van der Waals surface area contributed by atoms with Crippen LogP contribution in [0.1, 0.15) is 25.0 Å². The summed E-state index contributed by atoms with van der Waals surface area (Å²) in [7, 11) is 0. The maximum absolute atomic E-state index is 6.82. The molecule has 1 nitrogen and oxygen atoms in total. The van der Waals surface area contributed by atoms with Crippen molar-refractivity contribution in [2.75, 3.05) is 0 Å². The molecule has 2 aliphatic carbocycles. The highest BCUT2D eigenvalue weighted by molar-refractivity contribution is 9.26. The first-order chi connectivity index (χ1) is 17.4. The Balaban J connectivity index is 1.78. The van der Waals surface area contributed by atoms with Gasteiger partial charge in [0, 0.05) is 20.8 Å². The van der Waals surface area contributed by atoms with Crippen molar-refractivity contribution in [2.24, 2.45) is 11.8 Å². The van der Waals surface area contributed by atoms with Crippen LogP contribution in [0.2, 0.25) is 0 Å². The lowest BCUT2D eigenvalue weighted by atomic mass is 9.87. The number of benzene rings is 2. The number of alkyl halides is 4. The molecule has 0 amide bonds. The highest BCUT2D eigenvalue weighted by atomic mass is 79.9. The molecule has 2 aromatic carbocycles. The molecule has 0 bridgehead atoms. The lowest BCUT2D eigenvalue weighted by Crippen LogP contribution is -2.34. The van der Waals surface area contributed by atoms with Crippen molar-refractivity contribution in [3.63, 3.8) is 0 Å². The van der Waals surface area contributed by atoms with Crippen LogP contribution < -0.4 is 0 Å². The molecule has 4 rings (SSSR count). The third kappa shape index (κ3) is 6.29. The Morgan fingerprint density at radius 1 is 0.595 bits per heavy atom. The van der Waals surface area contributed by atoms with Gasteiger partial charge in [-0.3, -0.25) is 0 Å². The van der Waals surface area contributed by atoms with Crippen molar-refractivity contribution < 1.29 is 4.74 Å². The minimum Gasteiger partial charge on any atom is -0.453 e. The van der Waals surface area contributed by atoms with Crippen molar-refractivity contribution in [3.8, 4) is 0 Å². The second-order valence-electron chi connectivity index (χ2n) is 9.06. The Bertz CT molecular complexity index is 1200. The fraction of sp³-hybridized carbons (Fsp3) is 0.286. The summed E-state index contributed by atoms with van der Waals surface area (Å²) in [4.78, 5) is 0. The van der Waals surface area contributed by atoms with Crippen LogP contribution in [0.15, 0.2) is 101 Å². The van der Waals surface area contributed by atoms with Gasteiger partial charge in [-0.25, -0.2) is 0 Å². The number of halogens is 8. The number of ether oxygens (including phenoxy) is 1. The molecule has 0 saturated carbocycles. The van der Waals surface area contributed by atoms with Gasteiger partial charge in [0.05, 0.1) is 8.96 Å². The van der Waals surface area contributed by atoms with Gasteiger partial charge < -0.3 is 4.74 Å². The van der Waals surface area contributed by atoms with E-state index in [9.17, 15) is 0 Å². The molecule has 0 saturated heterocycles. The lowest BCUT2D eigenvalue weighted by Gasteiger charge is -2.40. The normalized spacial score (nSPS) is 23.6. The monoisotopic (exact) mass is 1010 g/mol.